The van der Waals surface area contributed by atoms with Crippen LogP contribution in [0.3, 0.4) is 0 Å². The number of rotatable bonds is 2. The van der Waals surface area contributed by atoms with Crippen molar-refractivity contribution >= 4 is 34.6 Å². The first kappa shape index (κ1) is 14.6. The van der Waals surface area contributed by atoms with Crippen LogP contribution in [0, 0.1) is 13.8 Å². The molecule has 0 aromatic heterocycles. The summed E-state index contributed by atoms with van der Waals surface area (Å²) in [5.41, 5.74) is 6.38. The largest absolute Gasteiger partial charge is 0.330 e. The van der Waals surface area contributed by atoms with E-state index in [1.165, 1.54) is 19.3 Å². The highest BCUT2D eigenvalue weighted by Gasteiger charge is 2.12. The summed E-state index contributed by atoms with van der Waals surface area (Å²) >= 11 is 11.6. The summed E-state index contributed by atoms with van der Waals surface area (Å²) in [5, 5.41) is 6.68. The zero-order valence-corrected chi connectivity index (χ0v) is 13.0. The Morgan fingerprint density at radius 1 is 1.21 bits per heavy atom. The van der Waals surface area contributed by atoms with Crippen LogP contribution in [0.1, 0.15) is 30.4 Å². The van der Waals surface area contributed by atoms with Gasteiger partial charge >= 0.3 is 0 Å². The number of hydrogen-bond acceptors (Lipinski definition) is 2. The van der Waals surface area contributed by atoms with Gasteiger partial charge in [-0.2, -0.15) is 0 Å². The van der Waals surface area contributed by atoms with Gasteiger partial charge in [-0.15, -0.1) is 0 Å². The van der Waals surface area contributed by atoms with E-state index in [1.54, 1.807) is 0 Å². The van der Waals surface area contributed by atoms with Crippen LogP contribution < -0.4 is 10.7 Å². The molecule has 19 heavy (non-hydrogen) atoms. The maximum atomic E-state index is 6.26. The van der Waals surface area contributed by atoms with Crippen LogP contribution in [0.15, 0.2) is 12.1 Å². The summed E-state index contributed by atoms with van der Waals surface area (Å²) in [5.74, 6) is 0. The Bertz CT molecular complexity index is 447. The van der Waals surface area contributed by atoms with Crippen molar-refractivity contribution in [3.8, 4) is 0 Å². The number of hydrogen-bond donors (Lipinski definition) is 2. The molecule has 104 valence electrons. The summed E-state index contributed by atoms with van der Waals surface area (Å²) in [7, 11) is 0. The Morgan fingerprint density at radius 2 is 1.89 bits per heavy atom. The van der Waals surface area contributed by atoms with Gasteiger partial charge in [0, 0.05) is 13.1 Å². The van der Waals surface area contributed by atoms with Crippen molar-refractivity contribution in [2.24, 2.45) is 0 Å². The predicted molar refractivity (Wildman–Crippen MR) is 85.7 cm³/mol. The fraction of sp³-hybridized carbons (Fsp3) is 0.500. The predicted octanol–water partition coefficient (Wildman–Crippen LogP) is 3.64. The van der Waals surface area contributed by atoms with Crippen LogP contribution in [0.2, 0.25) is 5.02 Å². The van der Waals surface area contributed by atoms with Gasteiger partial charge in [0.1, 0.15) is 0 Å². The first-order valence-corrected chi connectivity index (χ1v) is 7.44. The number of halogens is 1. The minimum absolute atomic E-state index is 0.607. The molecular weight excluding hydrogens is 278 g/mol. The molecular formula is C14H20ClN3S. The zero-order chi connectivity index (χ0) is 13.8. The van der Waals surface area contributed by atoms with Crippen LogP contribution >= 0.6 is 23.8 Å². The number of nitrogens with zero attached hydrogens (tertiary/aromatic N) is 1. The second kappa shape index (κ2) is 6.55. The molecule has 0 amide bonds. The first-order chi connectivity index (χ1) is 9.06. The van der Waals surface area contributed by atoms with Crippen LogP contribution in [0.4, 0.5) is 5.69 Å². The Hall–Kier alpha value is -0.840. The highest BCUT2D eigenvalue weighted by Crippen LogP contribution is 2.27. The van der Waals surface area contributed by atoms with E-state index in [0.717, 1.165) is 29.9 Å². The molecule has 1 aromatic carbocycles. The van der Waals surface area contributed by atoms with Gasteiger partial charge in [0.2, 0.25) is 0 Å². The molecule has 2 N–H and O–H groups in total. The van der Waals surface area contributed by atoms with Crippen molar-refractivity contribution in [1.82, 2.24) is 10.4 Å². The molecule has 1 heterocycles. The lowest BCUT2D eigenvalue weighted by Crippen LogP contribution is -2.46. The quantitative estimate of drug-likeness (QED) is 0.815. The van der Waals surface area contributed by atoms with E-state index in [0.29, 0.717) is 10.1 Å². The lowest BCUT2D eigenvalue weighted by Gasteiger charge is -2.28. The molecule has 1 aliphatic rings. The summed E-state index contributed by atoms with van der Waals surface area (Å²) < 4.78 is 0. The summed E-state index contributed by atoms with van der Waals surface area (Å²) in [6, 6.07) is 4.04. The summed E-state index contributed by atoms with van der Waals surface area (Å²) in [6.07, 6.45) is 3.75. The van der Waals surface area contributed by atoms with Gasteiger partial charge in [0.15, 0.2) is 5.11 Å². The normalized spacial score (nSPS) is 16.2. The molecule has 1 saturated heterocycles. The Morgan fingerprint density at radius 3 is 2.53 bits per heavy atom. The van der Waals surface area contributed by atoms with Crippen molar-refractivity contribution in [3.63, 3.8) is 0 Å². The SMILES string of the molecule is Cc1cc(C)c(NC(=S)NN2CCCCC2)c(Cl)c1. The van der Waals surface area contributed by atoms with Crippen molar-refractivity contribution in [1.29, 1.82) is 0 Å². The molecule has 3 nitrogen and oxygen atoms in total. The maximum absolute atomic E-state index is 6.26. The molecule has 0 spiro atoms. The molecule has 1 fully saturated rings. The van der Waals surface area contributed by atoms with Crippen LogP contribution in [-0.2, 0) is 0 Å². The van der Waals surface area contributed by atoms with Gasteiger partial charge in [-0.25, -0.2) is 5.01 Å². The number of aryl methyl sites for hydroxylation is 2. The summed E-state index contributed by atoms with van der Waals surface area (Å²) in [6.45, 7) is 6.16. The summed E-state index contributed by atoms with van der Waals surface area (Å²) in [4.78, 5) is 0. The van der Waals surface area contributed by atoms with Crippen LogP contribution in [-0.4, -0.2) is 23.2 Å². The van der Waals surface area contributed by atoms with Crippen molar-refractivity contribution in [2.45, 2.75) is 33.1 Å². The molecule has 1 aromatic rings. The van der Waals surface area contributed by atoms with Crippen molar-refractivity contribution in [3.05, 3.63) is 28.3 Å². The average Bonchev–Trinajstić information content (AvgIpc) is 2.35. The number of anilines is 1. The van der Waals surface area contributed by atoms with Crippen LogP contribution in [0.5, 0.6) is 0 Å². The fourth-order valence-corrected chi connectivity index (χ4v) is 2.96. The van der Waals surface area contributed by atoms with Crippen LogP contribution in [0.25, 0.3) is 0 Å². The minimum Gasteiger partial charge on any atom is -0.330 e. The number of piperidine rings is 1. The highest BCUT2D eigenvalue weighted by atomic mass is 35.5. The van der Waals surface area contributed by atoms with E-state index < -0.39 is 0 Å². The Kier molecular flexibility index (Phi) is 5.02. The molecule has 1 aliphatic heterocycles. The second-order valence-corrected chi connectivity index (χ2v) is 5.87. The molecule has 0 radical (unpaired) electrons. The van der Waals surface area contributed by atoms with Crippen molar-refractivity contribution in [2.75, 3.05) is 18.4 Å². The first-order valence-electron chi connectivity index (χ1n) is 6.65. The monoisotopic (exact) mass is 297 g/mol. The minimum atomic E-state index is 0.607. The maximum Gasteiger partial charge on any atom is 0.185 e. The van der Waals surface area contributed by atoms with E-state index in [-0.39, 0.29) is 0 Å². The van der Waals surface area contributed by atoms with Gasteiger partial charge in [-0.3, -0.25) is 5.43 Å². The van der Waals surface area contributed by atoms with Gasteiger partial charge in [-0.1, -0.05) is 24.1 Å². The third-order valence-electron chi connectivity index (χ3n) is 3.29. The van der Waals surface area contributed by atoms with Gasteiger partial charge < -0.3 is 5.32 Å². The van der Waals surface area contributed by atoms with Crippen molar-refractivity contribution < 1.29 is 0 Å². The van der Waals surface area contributed by atoms with Gasteiger partial charge in [-0.05, 0) is 56.1 Å². The Balaban J connectivity index is 1.98. The standard InChI is InChI=1S/C14H20ClN3S/c1-10-8-11(2)13(12(15)9-10)16-14(19)17-18-6-4-3-5-7-18/h8-9H,3-7H2,1-2H3,(H2,16,17,19). The topological polar surface area (TPSA) is 27.3 Å². The molecule has 0 unspecified atom stereocenters. The molecule has 0 saturated carbocycles. The smallest absolute Gasteiger partial charge is 0.185 e. The van der Waals surface area contributed by atoms with Gasteiger partial charge in [0.05, 0.1) is 10.7 Å². The second-order valence-electron chi connectivity index (χ2n) is 5.05. The molecule has 0 atom stereocenters. The lowest BCUT2D eigenvalue weighted by atomic mass is 10.1. The van der Waals surface area contributed by atoms with E-state index in [4.69, 9.17) is 23.8 Å². The third-order valence-corrected chi connectivity index (χ3v) is 3.78. The molecule has 2 rings (SSSR count). The number of thiocarbonyl (C=S) groups is 1. The third kappa shape index (κ3) is 4.06. The van der Waals surface area contributed by atoms with Gasteiger partial charge in [0.25, 0.3) is 0 Å². The van der Waals surface area contributed by atoms with E-state index in [2.05, 4.69) is 21.8 Å². The van der Waals surface area contributed by atoms with E-state index in [9.17, 15) is 0 Å². The number of hydrazine groups is 1. The average molecular weight is 298 g/mol. The van der Waals surface area contributed by atoms with E-state index in [1.807, 2.05) is 19.9 Å². The molecule has 0 aliphatic carbocycles. The zero-order valence-electron chi connectivity index (χ0n) is 11.4. The Labute approximate surface area is 125 Å². The lowest BCUT2D eigenvalue weighted by molar-refractivity contribution is 0.196. The fourth-order valence-electron chi connectivity index (χ4n) is 2.36. The highest BCUT2D eigenvalue weighted by molar-refractivity contribution is 7.80. The van der Waals surface area contributed by atoms with E-state index >= 15 is 0 Å². The number of benzene rings is 1. The number of nitrogens with one attached hydrogen (secondary N) is 2. The molecule has 0 bridgehead atoms. The molecule has 5 heteroatoms.